The molecule has 1 amide bonds. The highest BCUT2D eigenvalue weighted by molar-refractivity contribution is 7.81. The van der Waals surface area contributed by atoms with Crippen LogP contribution in [0.15, 0.2) is 72.8 Å². The summed E-state index contributed by atoms with van der Waals surface area (Å²) >= 11 is -2.34. The Morgan fingerprint density at radius 2 is 1.61 bits per heavy atom. The first-order chi connectivity index (χ1) is 14.6. The van der Waals surface area contributed by atoms with Gasteiger partial charge in [0.05, 0.1) is 11.4 Å². The van der Waals surface area contributed by atoms with E-state index in [2.05, 4.69) is 5.32 Å². The first-order valence-corrected chi connectivity index (χ1v) is 10.6. The van der Waals surface area contributed by atoms with Crippen LogP contribution in [0.3, 0.4) is 0 Å². The van der Waals surface area contributed by atoms with Gasteiger partial charge in [0.2, 0.25) is 0 Å². The minimum absolute atomic E-state index is 0.335. The van der Waals surface area contributed by atoms with Gasteiger partial charge in [0.1, 0.15) is 11.4 Å². The molecule has 0 saturated carbocycles. The zero-order valence-corrected chi connectivity index (χ0v) is 18.2. The molecule has 0 radical (unpaired) electrons. The number of carbonyl (C=O) groups is 1. The van der Waals surface area contributed by atoms with E-state index in [4.69, 9.17) is 4.74 Å². The van der Waals surface area contributed by atoms with Crippen molar-refractivity contribution in [2.45, 2.75) is 26.4 Å². The van der Waals surface area contributed by atoms with E-state index in [1.807, 2.05) is 6.07 Å². The summed E-state index contributed by atoms with van der Waals surface area (Å²) in [4.78, 5) is 11.9. The Kier molecular flexibility index (Phi) is 6.72. The summed E-state index contributed by atoms with van der Waals surface area (Å²) in [5.41, 5.74) is 2.36. The van der Waals surface area contributed by atoms with Crippen molar-refractivity contribution < 1.29 is 22.7 Å². The predicted molar refractivity (Wildman–Crippen MR) is 121 cm³/mol. The molecule has 0 fully saturated rings. The molecule has 0 spiro atoms. The van der Waals surface area contributed by atoms with E-state index >= 15 is 0 Å². The Hall–Kier alpha value is -3.23. The second-order valence-corrected chi connectivity index (χ2v) is 8.58. The average Bonchev–Trinajstić information content (AvgIpc) is 2.68. The first kappa shape index (κ1) is 22.5. The predicted octanol–water partition coefficient (Wildman–Crippen LogP) is 6.11. The average molecular weight is 443 g/mol. The summed E-state index contributed by atoms with van der Waals surface area (Å²) in [5.74, 6) is -0.335. The molecule has 3 aromatic rings. The van der Waals surface area contributed by atoms with Crippen molar-refractivity contribution in [1.82, 2.24) is 0 Å². The van der Waals surface area contributed by atoms with Gasteiger partial charge in [0, 0.05) is 5.69 Å². The number of hydrogen-bond acceptors (Lipinski definition) is 3. The minimum atomic E-state index is -2.34. The van der Waals surface area contributed by atoms with Crippen LogP contribution in [0.5, 0.6) is 0 Å². The number of nitrogens with zero attached hydrogens (tertiary/aromatic N) is 1. The molecule has 0 bridgehead atoms. The molecule has 0 saturated heterocycles. The van der Waals surface area contributed by atoms with E-state index in [1.54, 1.807) is 75.4 Å². The van der Waals surface area contributed by atoms with Gasteiger partial charge in [-0.05, 0) is 80.4 Å². The third-order valence-corrected chi connectivity index (χ3v) is 4.90. The van der Waals surface area contributed by atoms with Crippen molar-refractivity contribution in [1.29, 1.82) is 0 Å². The highest BCUT2D eigenvalue weighted by atomic mass is 32.2. The molecule has 3 rings (SSSR count). The van der Waals surface area contributed by atoms with Crippen molar-refractivity contribution in [2.75, 3.05) is 9.62 Å². The lowest BCUT2D eigenvalue weighted by molar-refractivity contribution is 0.0636. The molecular weight excluding hydrogens is 419 g/mol. The molecule has 0 aliphatic heterocycles. The Labute approximate surface area is 183 Å². The molecule has 0 heterocycles. The van der Waals surface area contributed by atoms with Gasteiger partial charge in [-0.1, -0.05) is 24.3 Å². The van der Waals surface area contributed by atoms with E-state index in [9.17, 15) is 17.9 Å². The van der Waals surface area contributed by atoms with E-state index in [1.165, 1.54) is 16.4 Å². The second-order valence-electron chi connectivity index (χ2n) is 7.76. The number of rotatable bonds is 5. The van der Waals surface area contributed by atoms with Crippen LogP contribution in [0, 0.1) is 5.82 Å². The van der Waals surface area contributed by atoms with Gasteiger partial charge >= 0.3 is 6.09 Å². The lowest BCUT2D eigenvalue weighted by Crippen LogP contribution is -2.27. The third kappa shape index (κ3) is 6.13. The van der Waals surface area contributed by atoms with Crippen LogP contribution in [0.2, 0.25) is 0 Å². The normalized spacial score (nSPS) is 12.2. The van der Waals surface area contributed by atoms with Gasteiger partial charge in [0.25, 0.3) is 11.3 Å². The van der Waals surface area contributed by atoms with Crippen LogP contribution >= 0.6 is 0 Å². The summed E-state index contributed by atoms with van der Waals surface area (Å²) in [6, 6.07) is 19.5. The van der Waals surface area contributed by atoms with E-state index in [-0.39, 0.29) is 5.82 Å². The van der Waals surface area contributed by atoms with Crippen LogP contribution in [0.1, 0.15) is 20.8 Å². The van der Waals surface area contributed by atoms with Gasteiger partial charge in [-0.25, -0.2) is 17.7 Å². The molecule has 2 N–H and O–H groups in total. The second kappa shape index (κ2) is 9.28. The summed E-state index contributed by atoms with van der Waals surface area (Å²) in [6.07, 6.45) is -0.588. The topological polar surface area (TPSA) is 78.9 Å². The molecule has 1 atom stereocenters. The fourth-order valence-electron chi connectivity index (χ4n) is 2.89. The number of benzene rings is 3. The summed E-state index contributed by atoms with van der Waals surface area (Å²) < 4.78 is 41.7. The summed E-state index contributed by atoms with van der Waals surface area (Å²) in [6.45, 7) is 5.30. The molecule has 0 aliphatic rings. The quantitative estimate of drug-likeness (QED) is 0.467. The molecule has 1 unspecified atom stereocenters. The zero-order valence-electron chi connectivity index (χ0n) is 17.3. The number of nitrogens with one attached hydrogen (secondary N) is 1. The van der Waals surface area contributed by atoms with Gasteiger partial charge < -0.3 is 4.74 Å². The van der Waals surface area contributed by atoms with Crippen molar-refractivity contribution in [3.63, 3.8) is 0 Å². The lowest BCUT2D eigenvalue weighted by atomic mass is 10.1. The molecule has 162 valence electrons. The van der Waals surface area contributed by atoms with Crippen LogP contribution in [0.25, 0.3) is 11.1 Å². The largest absolute Gasteiger partial charge is 0.444 e. The van der Waals surface area contributed by atoms with E-state index < -0.39 is 23.0 Å². The van der Waals surface area contributed by atoms with Crippen molar-refractivity contribution >= 4 is 34.4 Å². The minimum Gasteiger partial charge on any atom is -0.444 e. The third-order valence-electron chi connectivity index (χ3n) is 4.16. The van der Waals surface area contributed by atoms with Crippen molar-refractivity contribution in [3.05, 3.63) is 78.6 Å². The van der Waals surface area contributed by atoms with Crippen LogP contribution < -0.4 is 9.62 Å². The number of anilines is 3. The molecule has 8 heteroatoms. The fraction of sp³-hybridized carbons (Fsp3) is 0.174. The fourth-order valence-corrected chi connectivity index (χ4v) is 3.48. The zero-order chi connectivity index (χ0) is 22.6. The van der Waals surface area contributed by atoms with Gasteiger partial charge in [-0.3, -0.25) is 9.87 Å². The van der Waals surface area contributed by atoms with Crippen molar-refractivity contribution in [3.8, 4) is 11.1 Å². The maximum atomic E-state index is 13.2. The van der Waals surface area contributed by atoms with Crippen LogP contribution in [-0.4, -0.2) is 20.5 Å². The Bertz CT molecular complexity index is 1080. The van der Waals surface area contributed by atoms with Crippen LogP contribution in [0.4, 0.5) is 26.2 Å². The van der Waals surface area contributed by atoms with Crippen molar-refractivity contribution in [2.24, 2.45) is 0 Å². The number of halogens is 1. The van der Waals surface area contributed by atoms with Gasteiger partial charge in [-0.15, -0.1) is 0 Å². The maximum Gasteiger partial charge on any atom is 0.412 e. The maximum absolute atomic E-state index is 13.2. The monoisotopic (exact) mass is 442 g/mol. The van der Waals surface area contributed by atoms with E-state index in [0.29, 0.717) is 17.1 Å². The number of amides is 1. The molecule has 0 aromatic heterocycles. The summed E-state index contributed by atoms with van der Waals surface area (Å²) in [5, 5.41) is 2.62. The molecule has 6 nitrogen and oxygen atoms in total. The Balaban J connectivity index is 1.84. The molecule has 31 heavy (non-hydrogen) atoms. The lowest BCUT2D eigenvalue weighted by Gasteiger charge is -2.22. The standard InChI is InChI=1S/C23H23FN2O4S/c1-23(2,3)30-22(27)25-19-11-13-20(14-12-19)26(31(28)29)21-6-4-5-17(15-21)16-7-9-18(24)10-8-16/h4-15H,1-3H3,(H,25,27)(H,28,29). The summed E-state index contributed by atoms with van der Waals surface area (Å²) in [7, 11) is 0. The number of carbonyl (C=O) groups excluding carboxylic acids is 1. The SMILES string of the molecule is CC(C)(C)OC(=O)Nc1ccc(N(c2cccc(-c3ccc(F)cc3)c2)S(=O)O)cc1. The van der Waals surface area contributed by atoms with E-state index in [0.717, 1.165) is 11.1 Å². The number of hydrogen-bond donors (Lipinski definition) is 2. The highest BCUT2D eigenvalue weighted by Crippen LogP contribution is 2.31. The molecule has 0 aliphatic carbocycles. The smallest absolute Gasteiger partial charge is 0.412 e. The van der Waals surface area contributed by atoms with Gasteiger partial charge in [0.15, 0.2) is 0 Å². The first-order valence-electron chi connectivity index (χ1n) is 9.49. The Morgan fingerprint density at radius 3 is 2.19 bits per heavy atom. The molecule has 3 aromatic carbocycles. The molecular formula is C23H23FN2O4S. The highest BCUT2D eigenvalue weighted by Gasteiger charge is 2.18. The van der Waals surface area contributed by atoms with Gasteiger partial charge in [-0.2, -0.15) is 0 Å². The van der Waals surface area contributed by atoms with Crippen LogP contribution in [-0.2, 0) is 16.0 Å². The number of ether oxygens (including phenoxy) is 1. The Morgan fingerprint density at radius 1 is 0.968 bits per heavy atom.